The summed E-state index contributed by atoms with van der Waals surface area (Å²) in [5.41, 5.74) is 7.50. The van der Waals surface area contributed by atoms with Crippen LogP contribution in [0, 0.1) is 0 Å². The average Bonchev–Trinajstić information content (AvgIpc) is 2.06. The molecular weight excluding hydrogens is 164 g/mol. The predicted molar refractivity (Wildman–Crippen MR) is 54.8 cm³/mol. The Labute approximate surface area is 78.8 Å². The number of aromatic hydroxyl groups is 1. The van der Waals surface area contributed by atoms with Crippen molar-refractivity contribution in [2.45, 2.75) is 6.42 Å². The van der Waals surface area contributed by atoms with Crippen LogP contribution in [-0.4, -0.2) is 30.6 Å². The van der Waals surface area contributed by atoms with Gasteiger partial charge in [-0.2, -0.15) is 0 Å². The van der Waals surface area contributed by atoms with Crippen molar-refractivity contribution in [1.29, 1.82) is 0 Å². The zero-order chi connectivity index (χ0) is 9.84. The standard InChI is InChI=1S/C10H16N2O/c1-12(2)6-5-8-7-9(13)3-4-10(8)11/h3-4,7,13H,5-6,11H2,1-2H3. The Bertz CT molecular complexity index is 284. The molecule has 1 rings (SSSR count). The third kappa shape index (κ3) is 2.95. The van der Waals surface area contributed by atoms with Crippen LogP contribution in [0.3, 0.4) is 0 Å². The lowest BCUT2D eigenvalue weighted by molar-refractivity contribution is 0.413. The molecule has 3 N–H and O–H groups in total. The second kappa shape index (κ2) is 4.14. The van der Waals surface area contributed by atoms with Crippen molar-refractivity contribution in [3.8, 4) is 5.75 Å². The molecule has 3 nitrogen and oxygen atoms in total. The van der Waals surface area contributed by atoms with Gasteiger partial charge in [0.25, 0.3) is 0 Å². The predicted octanol–water partition coefficient (Wildman–Crippen LogP) is 1.08. The molecule has 0 aliphatic rings. The molecule has 0 unspecified atom stereocenters. The highest BCUT2D eigenvalue weighted by Gasteiger charge is 2.00. The third-order valence-corrected chi connectivity index (χ3v) is 1.95. The highest BCUT2D eigenvalue weighted by atomic mass is 16.3. The lowest BCUT2D eigenvalue weighted by atomic mass is 10.1. The highest BCUT2D eigenvalue weighted by Crippen LogP contribution is 2.18. The van der Waals surface area contributed by atoms with Gasteiger partial charge in [0, 0.05) is 12.2 Å². The zero-order valence-corrected chi connectivity index (χ0v) is 8.12. The zero-order valence-electron chi connectivity index (χ0n) is 8.12. The van der Waals surface area contributed by atoms with E-state index in [1.807, 2.05) is 14.1 Å². The van der Waals surface area contributed by atoms with Crippen molar-refractivity contribution < 1.29 is 5.11 Å². The molecule has 0 aliphatic carbocycles. The van der Waals surface area contributed by atoms with Crippen LogP contribution in [0.5, 0.6) is 5.75 Å². The normalized spacial score (nSPS) is 10.7. The molecule has 3 heteroatoms. The molecule has 13 heavy (non-hydrogen) atoms. The van der Waals surface area contributed by atoms with E-state index < -0.39 is 0 Å². The Kier molecular flexibility index (Phi) is 3.14. The fourth-order valence-electron chi connectivity index (χ4n) is 1.15. The second-order valence-corrected chi connectivity index (χ2v) is 3.44. The SMILES string of the molecule is CN(C)CCc1cc(O)ccc1N. The summed E-state index contributed by atoms with van der Waals surface area (Å²) in [5, 5.41) is 9.23. The van der Waals surface area contributed by atoms with Crippen LogP contribution in [0.1, 0.15) is 5.56 Å². The van der Waals surface area contributed by atoms with Crippen LogP contribution in [0.15, 0.2) is 18.2 Å². The molecule has 0 fully saturated rings. The minimum Gasteiger partial charge on any atom is -0.508 e. The Morgan fingerprint density at radius 3 is 2.69 bits per heavy atom. The van der Waals surface area contributed by atoms with E-state index in [-0.39, 0.29) is 5.75 Å². The lowest BCUT2D eigenvalue weighted by Gasteiger charge is -2.10. The lowest BCUT2D eigenvalue weighted by Crippen LogP contribution is -2.15. The number of benzene rings is 1. The van der Waals surface area contributed by atoms with Crippen molar-refractivity contribution in [2.24, 2.45) is 0 Å². The van der Waals surface area contributed by atoms with E-state index in [1.54, 1.807) is 18.2 Å². The number of phenolic OH excluding ortho intramolecular Hbond substituents is 1. The largest absolute Gasteiger partial charge is 0.508 e. The van der Waals surface area contributed by atoms with Crippen LogP contribution in [0.4, 0.5) is 5.69 Å². The van der Waals surface area contributed by atoms with Gasteiger partial charge in [0.1, 0.15) is 5.75 Å². The Hall–Kier alpha value is -1.22. The number of nitrogen functional groups attached to an aromatic ring is 1. The number of hydrogen-bond acceptors (Lipinski definition) is 3. The molecule has 0 radical (unpaired) electrons. The Balaban J connectivity index is 2.70. The maximum absolute atomic E-state index is 9.23. The van der Waals surface area contributed by atoms with E-state index in [9.17, 15) is 5.11 Å². The van der Waals surface area contributed by atoms with E-state index in [0.717, 1.165) is 24.2 Å². The minimum absolute atomic E-state index is 0.281. The number of nitrogens with two attached hydrogens (primary N) is 1. The van der Waals surface area contributed by atoms with E-state index in [4.69, 9.17) is 5.73 Å². The van der Waals surface area contributed by atoms with Gasteiger partial charge in [-0.3, -0.25) is 0 Å². The highest BCUT2D eigenvalue weighted by molar-refractivity contribution is 5.50. The van der Waals surface area contributed by atoms with E-state index >= 15 is 0 Å². The summed E-state index contributed by atoms with van der Waals surface area (Å²) in [6, 6.07) is 5.06. The summed E-state index contributed by atoms with van der Waals surface area (Å²) in [6.45, 7) is 0.938. The van der Waals surface area contributed by atoms with Gasteiger partial charge >= 0.3 is 0 Å². The summed E-state index contributed by atoms with van der Waals surface area (Å²) in [4.78, 5) is 2.09. The maximum Gasteiger partial charge on any atom is 0.116 e. The summed E-state index contributed by atoms with van der Waals surface area (Å²) >= 11 is 0. The first-order chi connectivity index (χ1) is 6.09. The Morgan fingerprint density at radius 1 is 1.38 bits per heavy atom. The van der Waals surface area contributed by atoms with Crippen LogP contribution in [0.25, 0.3) is 0 Å². The third-order valence-electron chi connectivity index (χ3n) is 1.95. The first-order valence-corrected chi connectivity index (χ1v) is 4.31. The van der Waals surface area contributed by atoms with Crippen molar-refractivity contribution >= 4 is 5.69 Å². The van der Waals surface area contributed by atoms with Gasteiger partial charge in [-0.1, -0.05) is 0 Å². The Morgan fingerprint density at radius 2 is 2.08 bits per heavy atom. The number of likely N-dealkylation sites (N-methyl/N-ethyl adjacent to an activating group) is 1. The van der Waals surface area contributed by atoms with E-state index in [2.05, 4.69) is 4.90 Å². The number of phenols is 1. The van der Waals surface area contributed by atoms with Crippen molar-refractivity contribution in [1.82, 2.24) is 4.90 Å². The fourth-order valence-corrected chi connectivity index (χ4v) is 1.15. The molecule has 0 heterocycles. The maximum atomic E-state index is 9.23. The van der Waals surface area contributed by atoms with Gasteiger partial charge in [0.2, 0.25) is 0 Å². The number of anilines is 1. The smallest absolute Gasteiger partial charge is 0.116 e. The number of hydrogen-bond donors (Lipinski definition) is 2. The van der Waals surface area contributed by atoms with Gasteiger partial charge in [-0.25, -0.2) is 0 Å². The van der Waals surface area contributed by atoms with Crippen molar-refractivity contribution in [3.63, 3.8) is 0 Å². The monoisotopic (exact) mass is 180 g/mol. The molecule has 0 aliphatic heterocycles. The molecule has 1 aromatic rings. The molecule has 0 bridgehead atoms. The molecule has 0 atom stereocenters. The summed E-state index contributed by atoms with van der Waals surface area (Å²) in [7, 11) is 4.03. The van der Waals surface area contributed by atoms with Gasteiger partial charge in [0.15, 0.2) is 0 Å². The molecular formula is C10H16N2O. The molecule has 0 saturated heterocycles. The van der Waals surface area contributed by atoms with Crippen molar-refractivity contribution in [2.75, 3.05) is 26.4 Å². The average molecular weight is 180 g/mol. The first-order valence-electron chi connectivity index (χ1n) is 4.31. The van der Waals surface area contributed by atoms with Crippen molar-refractivity contribution in [3.05, 3.63) is 23.8 Å². The van der Waals surface area contributed by atoms with Gasteiger partial charge < -0.3 is 15.7 Å². The molecule has 0 saturated carbocycles. The summed E-state index contributed by atoms with van der Waals surface area (Å²) in [5.74, 6) is 0.281. The summed E-state index contributed by atoms with van der Waals surface area (Å²) < 4.78 is 0. The summed E-state index contributed by atoms with van der Waals surface area (Å²) in [6.07, 6.45) is 0.868. The fraction of sp³-hybridized carbons (Fsp3) is 0.400. The molecule has 0 amide bonds. The topological polar surface area (TPSA) is 49.5 Å². The van der Waals surface area contributed by atoms with Crippen LogP contribution < -0.4 is 5.73 Å². The first kappa shape index (κ1) is 9.86. The van der Waals surface area contributed by atoms with Gasteiger partial charge in [-0.15, -0.1) is 0 Å². The van der Waals surface area contributed by atoms with E-state index in [1.165, 1.54) is 0 Å². The van der Waals surface area contributed by atoms with Gasteiger partial charge in [-0.05, 0) is 44.3 Å². The van der Waals surface area contributed by atoms with Crippen LogP contribution >= 0.6 is 0 Å². The molecule has 0 aromatic heterocycles. The quantitative estimate of drug-likeness (QED) is 0.540. The molecule has 72 valence electrons. The molecule has 1 aromatic carbocycles. The van der Waals surface area contributed by atoms with Crippen LogP contribution in [0.2, 0.25) is 0 Å². The number of nitrogens with zero attached hydrogens (tertiary/aromatic N) is 1. The van der Waals surface area contributed by atoms with Gasteiger partial charge in [0.05, 0.1) is 0 Å². The number of rotatable bonds is 3. The van der Waals surface area contributed by atoms with Crippen LogP contribution in [-0.2, 0) is 6.42 Å². The minimum atomic E-state index is 0.281. The second-order valence-electron chi connectivity index (χ2n) is 3.44. The molecule has 0 spiro atoms. The van der Waals surface area contributed by atoms with E-state index in [0.29, 0.717) is 0 Å².